The Morgan fingerprint density at radius 2 is 1.24 bits per heavy atom. The van der Waals surface area contributed by atoms with Crippen LogP contribution in [0.2, 0.25) is 0 Å². The molecule has 0 saturated carbocycles. The smallest absolute Gasteiger partial charge is 0.416 e. The first kappa shape index (κ1) is 38.3. The molecule has 2 saturated heterocycles. The van der Waals surface area contributed by atoms with Crippen LogP contribution in [-0.2, 0) is 17.1 Å². The molecular formula is C36H48F6N4O3. The Balaban J connectivity index is 1.59. The maximum absolute atomic E-state index is 14.3. The van der Waals surface area contributed by atoms with Gasteiger partial charge in [-0.15, -0.1) is 0 Å². The van der Waals surface area contributed by atoms with E-state index in [2.05, 4.69) is 0 Å². The number of ether oxygens (including phenoxy) is 1. The number of piperazine rings is 1. The van der Waals surface area contributed by atoms with Gasteiger partial charge in [0.1, 0.15) is 5.60 Å². The maximum Gasteiger partial charge on any atom is 0.416 e. The molecule has 0 aliphatic carbocycles. The number of likely N-dealkylation sites (tertiary alicyclic amines) is 1. The quantitative estimate of drug-likeness (QED) is 0.294. The van der Waals surface area contributed by atoms with E-state index in [0.29, 0.717) is 63.2 Å². The third-order valence-corrected chi connectivity index (χ3v) is 9.27. The molecule has 0 aromatic heterocycles. The zero-order valence-corrected chi connectivity index (χ0v) is 29.3. The van der Waals surface area contributed by atoms with Crippen molar-refractivity contribution in [2.45, 2.75) is 97.4 Å². The molecule has 0 spiro atoms. The van der Waals surface area contributed by atoms with E-state index in [4.69, 9.17) is 4.74 Å². The minimum atomic E-state index is -4.54. The van der Waals surface area contributed by atoms with Crippen LogP contribution in [0.25, 0.3) is 0 Å². The second-order valence-corrected chi connectivity index (χ2v) is 15.0. The molecule has 2 fully saturated rings. The zero-order chi connectivity index (χ0) is 36.5. The van der Waals surface area contributed by atoms with E-state index in [-0.39, 0.29) is 24.2 Å². The molecule has 7 nitrogen and oxygen atoms in total. The van der Waals surface area contributed by atoms with Gasteiger partial charge in [-0.25, -0.2) is 9.59 Å². The van der Waals surface area contributed by atoms with Crippen LogP contribution in [0, 0.1) is 5.41 Å². The van der Waals surface area contributed by atoms with Gasteiger partial charge < -0.3 is 19.4 Å². The van der Waals surface area contributed by atoms with Crippen LogP contribution < -0.4 is 0 Å². The zero-order valence-electron chi connectivity index (χ0n) is 29.3. The second-order valence-electron chi connectivity index (χ2n) is 15.0. The van der Waals surface area contributed by atoms with Crippen LogP contribution in [0.3, 0.4) is 0 Å². The molecule has 2 aromatic carbocycles. The van der Waals surface area contributed by atoms with E-state index >= 15 is 0 Å². The minimum Gasteiger partial charge on any atom is -0.444 e. The third-order valence-electron chi connectivity index (χ3n) is 9.27. The molecule has 0 radical (unpaired) electrons. The molecule has 13 heteroatoms. The molecule has 49 heavy (non-hydrogen) atoms. The molecule has 1 unspecified atom stereocenters. The highest BCUT2D eigenvalue weighted by Gasteiger charge is 2.43. The van der Waals surface area contributed by atoms with E-state index in [0.717, 1.165) is 24.3 Å². The average Bonchev–Trinajstić information content (AvgIpc) is 3.00. The van der Waals surface area contributed by atoms with Gasteiger partial charge in [0.25, 0.3) is 0 Å². The highest BCUT2D eigenvalue weighted by Crippen LogP contribution is 2.38. The molecule has 4 rings (SSSR count). The average molecular weight is 699 g/mol. The van der Waals surface area contributed by atoms with Crippen molar-refractivity contribution in [1.29, 1.82) is 0 Å². The molecule has 272 valence electrons. The lowest BCUT2D eigenvalue weighted by Crippen LogP contribution is -2.63. The normalized spacial score (nSPS) is 18.9. The number of carbonyl (C=O) groups excluding carboxylic acids is 2. The first-order valence-electron chi connectivity index (χ1n) is 16.7. The van der Waals surface area contributed by atoms with E-state index in [1.165, 1.54) is 24.3 Å². The lowest BCUT2D eigenvalue weighted by molar-refractivity contribution is -0.138. The molecule has 2 heterocycles. The van der Waals surface area contributed by atoms with Gasteiger partial charge >= 0.3 is 24.5 Å². The van der Waals surface area contributed by atoms with Gasteiger partial charge in [0.05, 0.1) is 23.2 Å². The van der Waals surface area contributed by atoms with Gasteiger partial charge in [-0.3, -0.25) is 4.90 Å². The largest absolute Gasteiger partial charge is 0.444 e. The minimum absolute atomic E-state index is 0.0816. The topological polar surface area (TPSA) is 56.3 Å². The van der Waals surface area contributed by atoms with Gasteiger partial charge in [0.2, 0.25) is 0 Å². The number of hydrogen-bond acceptors (Lipinski definition) is 4. The Morgan fingerprint density at radius 1 is 0.776 bits per heavy atom. The Hall–Kier alpha value is -3.48. The molecular weight excluding hydrogens is 650 g/mol. The van der Waals surface area contributed by atoms with Gasteiger partial charge in [-0.2, -0.15) is 26.3 Å². The third kappa shape index (κ3) is 9.40. The van der Waals surface area contributed by atoms with Crippen molar-refractivity contribution in [3.63, 3.8) is 0 Å². The van der Waals surface area contributed by atoms with Gasteiger partial charge in [0, 0.05) is 45.3 Å². The van der Waals surface area contributed by atoms with Gasteiger partial charge in [-0.05, 0) is 81.3 Å². The second kappa shape index (κ2) is 14.4. The highest BCUT2D eigenvalue weighted by atomic mass is 19.4. The first-order chi connectivity index (χ1) is 22.6. The van der Waals surface area contributed by atoms with Crippen molar-refractivity contribution in [3.05, 3.63) is 70.8 Å². The molecule has 2 aliphatic rings. The van der Waals surface area contributed by atoms with Crippen LogP contribution >= 0.6 is 0 Å². The van der Waals surface area contributed by atoms with E-state index in [1.54, 1.807) is 4.90 Å². The predicted octanol–water partition coefficient (Wildman–Crippen LogP) is 8.69. The van der Waals surface area contributed by atoms with E-state index in [1.807, 2.05) is 63.2 Å². The van der Waals surface area contributed by atoms with Crippen LogP contribution in [-0.4, -0.2) is 88.7 Å². The number of nitrogens with zero attached hydrogens (tertiary/aromatic N) is 4. The molecule has 2 aromatic rings. The number of benzene rings is 2. The molecule has 0 N–H and O–H groups in total. The summed E-state index contributed by atoms with van der Waals surface area (Å²) in [5.74, 6) is 0. The van der Waals surface area contributed by atoms with Crippen LogP contribution in [0.15, 0.2) is 48.5 Å². The summed E-state index contributed by atoms with van der Waals surface area (Å²) in [6.07, 6.45) is -8.25. The van der Waals surface area contributed by atoms with E-state index in [9.17, 15) is 35.9 Å². The number of rotatable bonds is 5. The first-order valence-corrected chi connectivity index (χ1v) is 16.7. The number of halogens is 6. The van der Waals surface area contributed by atoms with Crippen molar-refractivity contribution in [2.75, 3.05) is 39.3 Å². The summed E-state index contributed by atoms with van der Waals surface area (Å²) in [6, 6.07) is 8.26. The number of carbonyl (C=O) groups is 2. The van der Waals surface area contributed by atoms with Gasteiger partial charge in [0.15, 0.2) is 0 Å². The summed E-state index contributed by atoms with van der Waals surface area (Å²) in [5.41, 5.74) is -1.65. The summed E-state index contributed by atoms with van der Waals surface area (Å²) >= 11 is 0. The molecule has 1 atom stereocenters. The summed E-state index contributed by atoms with van der Waals surface area (Å²) in [4.78, 5) is 34.3. The number of alkyl halides is 6. The van der Waals surface area contributed by atoms with Crippen LogP contribution in [0.1, 0.15) is 89.6 Å². The predicted molar refractivity (Wildman–Crippen MR) is 175 cm³/mol. The monoisotopic (exact) mass is 698 g/mol. The lowest BCUT2D eigenvalue weighted by atomic mass is 9.83. The number of urea groups is 1. The Labute approximate surface area is 285 Å². The number of hydrogen-bond donors (Lipinski definition) is 0. The standard InChI is InChI=1S/C36H48F6N4O3/c1-8-45(28-17-19-43(20-18-28)32(48)49-34(5,6)7)31(47)46-22-21-44(23-29(46)33(2,3)4)30(24-9-13-26(14-10-24)35(37,38)39)25-11-15-27(16-12-25)36(40,41)42/h9-16,28-30H,8,17-23H2,1-7H3. The van der Waals surface area contributed by atoms with Gasteiger partial charge in [-0.1, -0.05) is 45.0 Å². The summed E-state index contributed by atoms with van der Waals surface area (Å²) in [5, 5.41) is 0. The highest BCUT2D eigenvalue weighted by molar-refractivity contribution is 5.75. The van der Waals surface area contributed by atoms with Crippen molar-refractivity contribution >= 4 is 12.1 Å². The maximum atomic E-state index is 14.3. The number of amides is 3. The van der Waals surface area contributed by atoms with Crippen LogP contribution in [0.5, 0.6) is 0 Å². The summed E-state index contributed by atoms with van der Waals surface area (Å²) in [7, 11) is 0. The fourth-order valence-electron chi connectivity index (χ4n) is 6.73. The SMILES string of the molecule is CCN(C(=O)N1CCN(C(c2ccc(C(F)(F)F)cc2)c2ccc(C(F)(F)F)cc2)CC1C(C)(C)C)C1CCN(C(=O)OC(C)(C)C)CC1. The van der Waals surface area contributed by atoms with Crippen molar-refractivity contribution in [2.24, 2.45) is 5.41 Å². The lowest BCUT2D eigenvalue weighted by Gasteiger charge is -2.51. The van der Waals surface area contributed by atoms with E-state index < -0.39 is 40.5 Å². The Kier molecular flexibility index (Phi) is 11.3. The number of piperidine rings is 1. The Morgan fingerprint density at radius 3 is 1.63 bits per heavy atom. The molecule has 3 amide bonds. The summed E-state index contributed by atoms with van der Waals surface area (Å²) < 4.78 is 86.0. The summed E-state index contributed by atoms with van der Waals surface area (Å²) in [6.45, 7) is 15.8. The van der Waals surface area contributed by atoms with Crippen molar-refractivity contribution in [3.8, 4) is 0 Å². The Bertz CT molecular complexity index is 1370. The fourth-order valence-corrected chi connectivity index (χ4v) is 6.73. The fraction of sp³-hybridized carbons (Fsp3) is 0.611. The molecule has 2 aliphatic heterocycles. The van der Waals surface area contributed by atoms with Crippen LogP contribution in [0.4, 0.5) is 35.9 Å². The van der Waals surface area contributed by atoms with Crippen molar-refractivity contribution < 1.29 is 40.7 Å². The molecule has 0 bridgehead atoms. The van der Waals surface area contributed by atoms with Crippen molar-refractivity contribution in [1.82, 2.24) is 19.6 Å².